The molecule has 9 heteroatoms. The number of nitrogens with two attached hydrogens (primary N) is 1. The molecular weight excluding hydrogens is 328 g/mol. The molecule has 2 atom stereocenters. The summed E-state index contributed by atoms with van der Waals surface area (Å²) in [5.74, 6) is -1.45. The number of ketones is 2. The maximum Gasteiger partial charge on any atom is 0.340 e. The van der Waals surface area contributed by atoms with Crippen molar-refractivity contribution in [3.63, 3.8) is 0 Å². The predicted molar refractivity (Wildman–Crippen MR) is 88.1 cm³/mol. The van der Waals surface area contributed by atoms with Crippen molar-refractivity contribution in [3.05, 3.63) is 34.4 Å². The third-order valence-corrected chi connectivity index (χ3v) is 4.62. The van der Waals surface area contributed by atoms with Crippen molar-refractivity contribution in [1.82, 2.24) is 0 Å². The highest BCUT2D eigenvalue weighted by Gasteiger charge is 2.48. The van der Waals surface area contributed by atoms with Crippen molar-refractivity contribution in [2.45, 2.75) is 25.7 Å². The Morgan fingerprint density at radius 2 is 1.64 bits per heavy atom. The van der Waals surface area contributed by atoms with Crippen molar-refractivity contribution in [1.29, 1.82) is 0 Å². The standard InChI is InChI=1S/C16H16N4O5/c17-16(23)19(9-5-7-10(8-6-9)20(24)25)18-13-14(21)11-3-1-2-4-12(11)15(13)22/h5-8,11-12H,1-4H2,(H2,17,23). The molecule has 2 saturated carbocycles. The van der Waals surface area contributed by atoms with Crippen LogP contribution in [0.4, 0.5) is 16.2 Å². The first-order chi connectivity index (χ1) is 11.9. The summed E-state index contributed by atoms with van der Waals surface area (Å²) in [5.41, 5.74) is 5.01. The zero-order valence-corrected chi connectivity index (χ0v) is 13.3. The van der Waals surface area contributed by atoms with Gasteiger partial charge in [0.05, 0.1) is 10.6 Å². The lowest BCUT2D eigenvalue weighted by Gasteiger charge is -2.20. The Bertz CT molecular complexity index is 760. The molecule has 3 rings (SSSR count). The minimum Gasteiger partial charge on any atom is -0.350 e. The number of hydrogen-bond acceptors (Lipinski definition) is 6. The highest BCUT2D eigenvalue weighted by Crippen LogP contribution is 2.37. The molecule has 130 valence electrons. The van der Waals surface area contributed by atoms with Crippen molar-refractivity contribution < 1.29 is 19.3 Å². The van der Waals surface area contributed by atoms with Crippen LogP contribution in [0.5, 0.6) is 0 Å². The van der Waals surface area contributed by atoms with Gasteiger partial charge in [-0.05, 0) is 25.0 Å². The van der Waals surface area contributed by atoms with E-state index in [4.69, 9.17) is 5.73 Å². The van der Waals surface area contributed by atoms with E-state index in [9.17, 15) is 24.5 Å². The van der Waals surface area contributed by atoms with Gasteiger partial charge in [0.1, 0.15) is 0 Å². The van der Waals surface area contributed by atoms with Crippen LogP contribution in [-0.2, 0) is 9.59 Å². The highest BCUT2D eigenvalue weighted by atomic mass is 16.6. The topological polar surface area (TPSA) is 136 Å². The second-order valence-corrected chi connectivity index (χ2v) is 6.10. The van der Waals surface area contributed by atoms with Crippen molar-refractivity contribution in [3.8, 4) is 0 Å². The summed E-state index contributed by atoms with van der Waals surface area (Å²) in [6.45, 7) is 0. The molecule has 2 unspecified atom stereocenters. The molecule has 0 spiro atoms. The lowest BCUT2D eigenvalue weighted by Crippen LogP contribution is -2.34. The van der Waals surface area contributed by atoms with Gasteiger partial charge in [-0.1, -0.05) is 12.8 Å². The Hall–Kier alpha value is -3.10. The summed E-state index contributed by atoms with van der Waals surface area (Å²) >= 11 is 0. The number of primary amides is 1. The van der Waals surface area contributed by atoms with Crippen LogP contribution in [0.25, 0.3) is 0 Å². The Labute approximate surface area is 142 Å². The SMILES string of the molecule is NC(=O)N(N=C1C(=O)C2CCCCC2C1=O)c1ccc([N+](=O)[O-])cc1. The number of amides is 2. The fourth-order valence-corrected chi connectivity index (χ4v) is 3.38. The molecule has 2 fully saturated rings. The fourth-order valence-electron chi connectivity index (χ4n) is 3.38. The van der Waals surface area contributed by atoms with Crippen LogP contribution >= 0.6 is 0 Å². The number of Topliss-reactive ketones (excluding diaryl/α,β-unsaturated/α-hetero) is 2. The van der Waals surface area contributed by atoms with E-state index in [1.807, 2.05) is 0 Å². The van der Waals surface area contributed by atoms with E-state index in [1.165, 1.54) is 24.3 Å². The Balaban J connectivity index is 1.94. The molecule has 9 nitrogen and oxygen atoms in total. The van der Waals surface area contributed by atoms with Crippen LogP contribution in [0.1, 0.15) is 25.7 Å². The average Bonchev–Trinajstić information content (AvgIpc) is 2.84. The second kappa shape index (κ2) is 6.42. The maximum absolute atomic E-state index is 12.5. The molecule has 0 aliphatic heterocycles. The molecule has 0 saturated heterocycles. The minimum absolute atomic E-state index is 0.140. The lowest BCUT2D eigenvalue weighted by atomic mass is 9.81. The summed E-state index contributed by atoms with van der Waals surface area (Å²) in [5, 5.41) is 15.3. The Kier molecular flexibility index (Phi) is 4.30. The molecule has 2 aliphatic rings. The van der Waals surface area contributed by atoms with E-state index in [0.29, 0.717) is 12.8 Å². The van der Waals surface area contributed by atoms with Gasteiger partial charge in [-0.2, -0.15) is 10.1 Å². The first kappa shape index (κ1) is 16.7. The van der Waals surface area contributed by atoms with E-state index in [0.717, 1.165) is 17.9 Å². The van der Waals surface area contributed by atoms with Crippen molar-refractivity contribution in [2.75, 3.05) is 5.01 Å². The maximum atomic E-state index is 12.5. The first-order valence-corrected chi connectivity index (χ1v) is 7.91. The number of non-ortho nitro benzene ring substituents is 1. The largest absolute Gasteiger partial charge is 0.350 e. The minimum atomic E-state index is -0.989. The van der Waals surface area contributed by atoms with Gasteiger partial charge in [-0.15, -0.1) is 0 Å². The number of urea groups is 1. The first-order valence-electron chi connectivity index (χ1n) is 7.91. The number of nitro benzene ring substituents is 1. The molecule has 1 aromatic carbocycles. The van der Waals surface area contributed by atoms with Gasteiger partial charge in [-0.3, -0.25) is 19.7 Å². The number of hydrazone groups is 1. The number of nitro groups is 1. The summed E-state index contributed by atoms with van der Waals surface area (Å²) < 4.78 is 0. The van der Waals surface area contributed by atoms with Gasteiger partial charge in [-0.25, -0.2) is 4.79 Å². The average molecular weight is 344 g/mol. The summed E-state index contributed by atoms with van der Waals surface area (Å²) in [6, 6.07) is 3.94. The van der Waals surface area contributed by atoms with Crippen LogP contribution in [0.2, 0.25) is 0 Å². The number of benzene rings is 1. The van der Waals surface area contributed by atoms with Crippen molar-refractivity contribution in [2.24, 2.45) is 22.7 Å². The monoisotopic (exact) mass is 344 g/mol. The van der Waals surface area contributed by atoms with Gasteiger partial charge >= 0.3 is 6.03 Å². The van der Waals surface area contributed by atoms with Gasteiger partial charge in [0.2, 0.25) is 0 Å². The zero-order chi connectivity index (χ0) is 18.1. The Morgan fingerprint density at radius 3 is 2.08 bits per heavy atom. The quantitative estimate of drug-likeness (QED) is 0.658. The van der Waals surface area contributed by atoms with Crippen LogP contribution in [0.15, 0.2) is 29.4 Å². The van der Waals surface area contributed by atoms with Crippen molar-refractivity contribution >= 4 is 34.7 Å². The molecule has 25 heavy (non-hydrogen) atoms. The smallest absolute Gasteiger partial charge is 0.340 e. The van der Waals surface area contributed by atoms with E-state index in [2.05, 4.69) is 5.10 Å². The summed E-state index contributed by atoms with van der Waals surface area (Å²) in [7, 11) is 0. The molecule has 2 aliphatic carbocycles. The van der Waals surface area contributed by atoms with Crippen LogP contribution in [-0.4, -0.2) is 28.2 Å². The zero-order valence-electron chi connectivity index (χ0n) is 13.3. The number of carbonyl (C=O) groups is 3. The molecule has 0 radical (unpaired) electrons. The number of rotatable bonds is 3. The lowest BCUT2D eigenvalue weighted by molar-refractivity contribution is -0.384. The normalized spacial score (nSPS) is 22.5. The number of carbonyl (C=O) groups excluding carboxylic acids is 3. The molecule has 0 bridgehead atoms. The summed E-state index contributed by atoms with van der Waals surface area (Å²) in [4.78, 5) is 46.8. The van der Waals surface area contributed by atoms with Gasteiger partial charge in [0.15, 0.2) is 17.3 Å². The van der Waals surface area contributed by atoms with Gasteiger partial charge in [0.25, 0.3) is 5.69 Å². The number of fused-ring (bicyclic) bond motifs is 1. The van der Waals surface area contributed by atoms with Gasteiger partial charge in [0, 0.05) is 24.0 Å². The predicted octanol–water partition coefficient (Wildman–Crippen LogP) is 1.79. The molecule has 1 aromatic rings. The molecule has 2 N–H and O–H groups in total. The van der Waals surface area contributed by atoms with E-state index in [-0.39, 0.29) is 40.5 Å². The van der Waals surface area contributed by atoms with E-state index in [1.54, 1.807) is 0 Å². The molecular formula is C16H16N4O5. The fraction of sp³-hybridized carbons (Fsp3) is 0.375. The second-order valence-electron chi connectivity index (χ2n) is 6.10. The molecule has 0 aromatic heterocycles. The van der Waals surface area contributed by atoms with Crippen LogP contribution in [0.3, 0.4) is 0 Å². The van der Waals surface area contributed by atoms with E-state index >= 15 is 0 Å². The molecule has 2 amide bonds. The number of anilines is 1. The van der Waals surface area contributed by atoms with Crippen LogP contribution in [0, 0.1) is 22.0 Å². The molecule has 0 heterocycles. The Morgan fingerprint density at radius 1 is 1.12 bits per heavy atom. The third-order valence-electron chi connectivity index (χ3n) is 4.62. The third kappa shape index (κ3) is 3.00. The number of hydrogen-bond donors (Lipinski definition) is 1. The van der Waals surface area contributed by atoms with E-state index < -0.39 is 11.0 Å². The van der Waals surface area contributed by atoms with Gasteiger partial charge < -0.3 is 5.73 Å². The summed E-state index contributed by atoms with van der Waals surface area (Å²) in [6.07, 6.45) is 3.05. The van der Waals surface area contributed by atoms with Crippen LogP contribution < -0.4 is 10.7 Å². The highest BCUT2D eigenvalue weighted by molar-refractivity contribution is 6.70. The number of nitrogens with zero attached hydrogens (tertiary/aromatic N) is 3.